The molecule has 7 heteroatoms. The van der Waals surface area contributed by atoms with Crippen molar-refractivity contribution < 1.29 is 18.4 Å². The van der Waals surface area contributed by atoms with E-state index in [1.807, 2.05) is 22.9 Å². The molecule has 34 heavy (non-hydrogen) atoms. The van der Waals surface area contributed by atoms with Crippen molar-refractivity contribution in [3.8, 4) is 0 Å². The zero-order chi connectivity index (χ0) is 23.9. The number of alkyl halides is 2. The number of halogens is 2. The highest BCUT2D eigenvalue weighted by Gasteiger charge is 2.58. The summed E-state index contributed by atoms with van der Waals surface area (Å²) in [6, 6.07) is 10.3. The summed E-state index contributed by atoms with van der Waals surface area (Å²) in [6.07, 6.45) is 5.06. The number of carbonyl (C=O) groups is 2. The zero-order valence-electron chi connectivity index (χ0n) is 20.2. The molecule has 4 atom stereocenters. The number of amides is 2. The molecule has 0 radical (unpaired) electrons. The summed E-state index contributed by atoms with van der Waals surface area (Å²) < 4.78 is 25.5. The van der Waals surface area contributed by atoms with Crippen LogP contribution in [-0.4, -0.2) is 76.7 Å². The molecule has 3 aliphatic heterocycles. The lowest BCUT2D eigenvalue weighted by atomic mass is 9.96. The van der Waals surface area contributed by atoms with Crippen LogP contribution in [0.3, 0.4) is 0 Å². The van der Waals surface area contributed by atoms with E-state index < -0.39 is 6.43 Å². The van der Waals surface area contributed by atoms with Crippen molar-refractivity contribution in [2.45, 2.75) is 100 Å². The van der Waals surface area contributed by atoms with Crippen LogP contribution in [-0.2, 0) is 9.59 Å². The molecule has 0 unspecified atom stereocenters. The molecule has 1 aromatic carbocycles. The van der Waals surface area contributed by atoms with Gasteiger partial charge in [-0.05, 0) is 64.0 Å². The first-order chi connectivity index (χ1) is 16.4. The number of benzene rings is 1. The van der Waals surface area contributed by atoms with Gasteiger partial charge in [0.2, 0.25) is 18.2 Å². The molecular formula is C27H37F2N3O2. The van der Waals surface area contributed by atoms with Crippen LogP contribution < -0.4 is 0 Å². The Morgan fingerprint density at radius 1 is 1.18 bits per heavy atom. The predicted octanol–water partition coefficient (Wildman–Crippen LogP) is 4.42. The number of nitrogens with zero attached hydrogens (tertiary/aromatic N) is 3. The van der Waals surface area contributed by atoms with Crippen molar-refractivity contribution >= 4 is 11.8 Å². The van der Waals surface area contributed by atoms with E-state index in [9.17, 15) is 18.4 Å². The Bertz CT molecular complexity index is 891. The summed E-state index contributed by atoms with van der Waals surface area (Å²) >= 11 is 0. The Kier molecular flexibility index (Phi) is 6.66. The molecule has 3 heterocycles. The third kappa shape index (κ3) is 4.60. The van der Waals surface area contributed by atoms with Gasteiger partial charge in [-0.3, -0.25) is 9.59 Å². The van der Waals surface area contributed by atoms with Gasteiger partial charge in [0, 0.05) is 49.5 Å². The second-order valence-electron chi connectivity index (χ2n) is 11.0. The summed E-state index contributed by atoms with van der Waals surface area (Å²) in [5, 5.41) is 0. The van der Waals surface area contributed by atoms with E-state index in [4.69, 9.17) is 0 Å². The van der Waals surface area contributed by atoms with Gasteiger partial charge in [0.1, 0.15) is 6.04 Å². The Labute approximate surface area is 201 Å². The molecule has 0 aromatic heterocycles. The molecule has 4 fully saturated rings. The molecule has 5 rings (SSSR count). The standard InChI is InChI=1S/C27H37F2N3O2/c1-30(15-12-24(28)29)21-8-5-9-25(33)32-22(16-21)10-11-23(32)26(34)31-18-20(17-27(31)13-14-27)19-6-3-2-4-7-19/h2-4,6-7,20-24H,5,8-18H2,1H3/t20-,21+,22-,23+/m1/s1. The van der Waals surface area contributed by atoms with Crippen molar-refractivity contribution in [3.05, 3.63) is 35.9 Å². The summed E-state index contributed by atoms with van der Waals surface area (Å²) in [4.78, 5) is 33.2. The smallest absolute Gasteiger partial charge is 0.245 e. The second kappa shape index (κ2) is 9.56. The van der Waals surface area contributed by atoms with Crippen LogP contribution in [0.25, 0.3) is 0 Å². The molecule has 5 nitrogen and oxygen atoms in total. The SMILES string of the molecule is CN(CCC(F)F)[C@H]1CCCC(=O)N2[C@H](CC[C@H]2C(=O)N2C[C@H](c3ccccc3)CC23CC3)C1. The summed E-state index contributed by atoms with van der Waals surface area (Å²) in [5.41, 5.74) is 1.28. The third-order valence-electron chi connectivity index (χ3n) is 8.84. The highest BCUT2D eigenvalue weighted by molar-refractivity contribution is 5.89. The quantitative estimate of drug-likeness (QED) is 0.614. The van der Waals surface area contributed by atoms with E-state index in [1.54, 1.807) is 0 Å². The molecule has 0 bridgehead atoms. The maximum Gasteiger partial charge on any atom is 0.245 e. The van der Waals surface area contributed by atoms with E-state index in [1.165, 1.54) is 5.56 Å². The predicted molar refractivity (Wildman–Crippen MR) is 127 cm³/mol. The van der Waals surface area contributed by atoms with E-state index in [0.29, 0.717) is 25.3 Å². The third-order valence-corrected chi connectivity index (χ3v) is 8.84. The molecule has 1 aromatic rings. The van der Waals surface area contributed by atoms with Gasteiger partial charge in [-0.1, -0.05) is 30.3 Å². The van der Waals surface area contributed by atoms with Crippen LogP contribution in [0, 0.1) is 0 Å². The number of hydrogen-bond donors (Lipinski definition) is 0. The molecule has 0 N–H and O–H groups in total. The topological polar surface area (TPSA) is 43.9 Å². The fourth-order valence-corrected chi connectivity index (χ4v) is 6.79. The van der Waals surface area contributed by atoms with Gasteiger partial charge in [-0.25, -0.2) is 8.78 Å². The fraction of sp³-hybridized carbons (Fsp3) is 0.704. The first kappa shape index (κ1) is 23.7. The number of rotatable bonds is 6. The summed E-state index contributed by atoms with van der Waals surface area (Å²) in [7, 11) is 1.92. The van der Waals surface area contributed by atoms with Gasteiger partial charge < -0.3 is 14.7 Å². The molecule has 1 spiro atoms. The van der Waals surface area contributed by atoms with E-state index in [2.05, 4.69) is 29.2 Å². The van der Waals surface area contributed by atoms with Gasteiger partial charge in [0.25, 0.3) is 0 Å². The minimum Gasteiger partial charge on any atom is -0.335 e. The normalized spacial score (nSPS) is 30.7. The second-order valence-corrected chi connectivity index (χ2v) is 11.0. The van der Waals surface area contributed by atoms with Crippen molar-refractivity contribution in [3.63, 3.8) is 0 Å². The average molecular weight is 474 g/mol. The van der Waals surface area contributed by atoms with Crippen LogP contribution in [0.15, 0.2) is 30.3 Å². The van der Waals surface area contributed by atoms with Crippen molar-refractivity contribution in [1.82, 2.24) is 14.7 Å². The van der Waals surface area contributed by atoms with Gasteiger partial charge >= 0.3 is 0 Å². The lowest BCUT2D eigenvalue weighted by molar-refractivity contribution is -0.147. The van der Waals surface area contributed by atoms with E-state index >= 15 is 0 Å². The van der Waals surface area contributed by atoms with Gasteiger partial charge in [-0.2, -0.15) is 0 Å². The van der Waals surface area contributed by atoms with E-state index in [-0.39, 0.29) is 41.9 Å². The van der Waals surface area contributed by atoms with Gasteiger partial charge in [0.05, 0.1) is 0 Å². The number of carbonyl (C=O) groups excluding carboxylic acids is 2. The molecule has 2 amide bonds. The molecule has 1 saturated carbocycles. The maximum atomic E-state index is 13.9. The zero-order valence-corrected chi connectivity index (χ0v) is 20.2. The highest BCUT2D eigenvalue weighted by Crippen LogP contribution is 2.54. The Morgan fingerprint density at radius 3 is 2.65 bits per heavy atom. The van der Waals surface area contributed by atoms with Gasteiger partial charge in [-0.15, -0.1) is 0 Å². The van der Waals surface area contributed by atoms with Crippen molar-refractivity contribution in [2.24, 2.45) is 0 Å². The number of fused-ring (bicyclic) bond motifs is 1. The van der Waals surface area contributed by atoms with Crippen molar-refractivity contribution in [2.75, 3.05) is 20.1 Å². The minimum atomic E-state index is -2.29. The Hall–Kier alpha value is -2.02. The summed E-state index contributed by atoms with van der Waals surface area (Å²) in [6.45, 7) is 1.10. The molecular weight excluding hydrogens is 436 g/mol. The van der Waals surface area contributed by atoms with Crippen LogP contribution in [0.4, 0.5) is 8.78 Å². The summed E-state index contributed by atoms with van der Waals surface area (Å²) in [5.74, 6) is 0.592. The van der Waals surface area contributed by atoms with Crippen LogP contribution in [0.1, 0.15) is 75.7 Å². The van der Waals surface area contributed by atoms with Crippen molar-refractivity contribution in [1.29, 1.82) is 0 Å². The van der Waals surface area contributed by atoms with E-state index in [0.717, 1.165) is 51.5 Å². The average Bonchev–Trinajstić information content (AvgIpc) is 3.31. The monoisotopic (exact) mass is 473 g/mol. The fourth-order valence-electron chi connectivity index (χ4n) is 6.79. The van der Waals surface area contributed by atoms with Crippen LogP contribution >= 0.6 is 0 Å². The Morgan fingerprint density at radius 2 is 1.94 bits per heavy atom. The minimum absolute atomic E-state index is 0.0144. The van der Waals surface area contributed by atoms with Crippen LogP contribution in [0.5, 0.6) is 0 Å². The lowest BCUT2D eigenvalue weighted by Crippen LogP contribution is -2.53. The largest absolute Gasteiger partial charge is 0.335 e. The maximum absolute atomic E-state index is 13.9. The molecule has 1 aliphatic carbocycles. The number of hydrogen-bond acceptors (Lipinski definition) is 3. The lowest BCUT2D eigenvalue weighted by Gasteiger charge is -2.39. The molecule has 186 valence electrons. The van der Waals surface area contributed by atoms with Crippen LogP contribution in [0.2, 0.25) is 0 Å². The first-order valence-electron chi connectivity index (χ1n) is 13.0. The molecule has 3 saturated heterocycles. The highest BCUT2D eigenvalue weighted by atomic mass is 19.3. The molecule has 4 aliphatic rings. The Balaban J connectivity index is 1.29. The number of likely N-dealkylation sites (tertiary alicyclic amines) is 1. The first-order valence-corrected chi connectivity index (χ1v) is 13.0. The van der Waals surface area contributed by atoms with Gasteiger partial charge in [0.15, 0.2) is 0 Å².